The van der Waals surface area contributed by atoms with E-state index in [2.05, 4.69) is 5.32 Å². The zero-order valence-corrected chi connectivity index (χ0v) is 10.4. The first-order chi connectivity index (χ1) is 8.47. The third-order valence-electron chi connectivity index (χ3n) is 2.76. The second-order valence-electron chi connectivity index (χ2n) is 4.40. The lowest BCUT2D eigenvalue weighted by Crippen LogP contribution is -2.27. The van der Waals surface area contributed by atoms with E-state index in [1.54, 1.807) is 0 Å². The summed E-state index contributed by atoms with van der Waals surface area (Å²) in [6, 6.07) is 3.80. The molecular weight excluding hydrogens is 239 g/mol. The molecule has 0 radical (unpaired) electrons. The fourth-order valence-corrected chi connectivity index (χ4v) is 1.73. The molecule has 6 heteroatoms. The highest BCUT2D eigenvalue weighted by Gasteiger charge is 2.22. The summed E-state index contributed by atoms with van der Waals surface area (Å²) in [5, 5.41) is 22.7. The Morgan fingerprint density at radius 1 is 1.50 bits per heavy atom. The van der Waals surface area contributed by atoms with Gasteiger partial charge in [0.1, 0.15) is 5.69 Å². The summed E-state index contributed by atoms with van der Waals surface area (Å²) in [4.78, 5) is 10.1. The molecule has 2 N–H and O–H groups in total. The van der Waals surface area contributed by atoms with Gasteiger partial charge in [0.25, 0.3) is 0 Å². The van der Waals surface area contributed by atoms with Gasteiger partial charge in [0.05, 0.1) is 4.92 Å². The number of nitro benzene ring substituents is 1. The van der Waals surface area contributed by atoms with Crippen LogP contribution in [0.2, 0.25) is 0 Å². The third kappa shape index (κ3) is 3.40. The molecule has 1 atom stereocenters. The SMILES string of the molecule is CC(C)[C@H](CCO)Nc1cccc(F)c1[N+](=O)[O-]. The van der Waals surface area contributed by atoms with Crippen molar-refractivity contribution in [2.45, 2.75) is 26.3 Å². The molecule has 0 saturated heterocycles. The van der Waals surface area contributed by atoms with E-state index in [9.17, 15) is 14.5 Å². The van der Waals surface area contributed by atoms with Crippen molar-refractivity contribution < 1.29 is 14.4 Å². The van der Waals surface area contributed by atoms with Crippen molar-refractivity contribution in [2.75, 3.05) is 11.9 Å². The lowest BCUT2D eigenvalue weighted by molar-refractivity contribution is -0.386. The van der Waals surface area contributed by atoms with Crippen molar-refractivity contribution in [3.05, 3.63) is 34.1 Å². The summed E-state index contributed by atoms with van der Waals surface area (Å²) < 4.78 is 13.4. The Labute approximate surface area is 105 Å². The molecule has 1 aromatic carbocycles. The van der Waals surface area contributed by atoms with E-state index in [-0.39, 0.29) is 24.3 Å². The quantitative estimate of drug-likeness (QED) is 0.606. The smallest absolute Gasteiger partial charge is 0.327 e. The number of nitrogens with one attached hydrogen (secondary N) is 1. The molecule has 0 spiro atoms. The van der Waals surface area contributed by atoms with Crippen LogP contribution in [-0.4, -0.2) is 22.7 Å². The normalized spacial score (nSPS) is 12.5. The molecule has 0 unspecified atom stereocenters. The molecule has 18 heavy (non-hydrogen) atoms. The Bertz CT molecular complexity index is 424. The first-order valence-corrected chi connectivity index (χ1v) is 5.77. The number of hydrogen-bond donors (Lipinski definition) is 2. The van der Waals surface area contributed by atoms with Gasteiger partial charge in [-0.2, -0.15) is 4.39 Å². The summed E-state index contributed by atoms with van der Waals surface area (Å²) in [7, 11) is 0. The van der Waals surface area contributed by atoms with Crippen molar-refractivity contribution in [1.29, 1.82) is 0 Å². The van der Waals surface area contributed by atoms with Gasteiger partial charge in [0, 0.05) is 12.6 Å². The lowest BCUT2D eigenvalue weighted by Gasteiger charge is -2.22. The van der Waals surface area contributed by atoms with Gasteiger partial charge >= 0.3 is 5.69 Å². The second-order valence-corrected chi connectivity index (χ2v) is 4.40. The van der Waals surface area contributed by atoms with E-state index >= 15 is 0 Å². The molecule has 0 amide bonds. The Balaban J connectivity index is 3.02. The van der Waals surface area contributed by atoms with Crippen LogP contribution in [0.15, 0.2) is 18.2 Å². The molecule has 0 aliphatic rings. The van der Waals surface area contributed by atoms with E-state index in [0.717, 1.165) is 6.07 Å². The number of para-hydroxylation sites is 1. The van der Waals surface area contributed by atoms with E-state index in [0.29, 0.717) is 6.42 Å². The number of benzene rings is 1. The molecule has 0 fully saturated rings. The minimum atomic E-state index is -0.864. The van der Waals surface area contributed by atoms with Gasteiger partial charge in [0.15, 0.2) is 0 Å². The zero-order valence-electron chi connectivity index (χ0n) is 10.4. The number of halogens is 1. The predicted molar refractivity (Wildman–Crippen MR) is 67.0 cm³/mol. The maximum absolute atomic E-state index is 13.4. The second kappa shape index (κ2) is 6.30. The number of hydrogen-bond acceptors (Lipinski definition) is 4. The summed E-state index contributed by atoms with van der Waals surface area (Å²) in [5.41, 5.74) is -0.409. The largest absolute Gasteiger partial charge is 0.396 e. The summed E-state index contributed by atoms with van der Waals surface area (Å²) in [6.45, 7) is 3.83. The molecule has 0 aliphatic carbocycles. The van der Waals surface area contributed by atoms with Crippen LogP contribution < -0.4 is 5.32 Å². The maximum Gasteiger partial charge on any atom is 0.327 e. The van der Waals surface area contributed by atoms with Crippen LogP contribution in [0.4, 0.5) is 15.8 Å². The van der Waals surface area contributed by atoms with E-state index in [1.165, 1.54) is 12.1 Å². The Hall–Kier alpha value is -1.69. The molecule has 0 aliphatic heterocycles. The summed E-state index contributed by atoms with van der Waals surface area (Å²) in [5.74, 6) is -0.698. The molecule has 0 saturated carbocycles. The monoisotopic (exact) mass is 256 g/mol. The van der Waals surface area contributed by atoms with Gasteiger partial charge in [-0.05, 0) is 24.5 Å². The third-order valence-corrected chi connectivity index (χ3v) is 2.76. The molecule has 0 heterocycles. The average molecular weight is 256 g/mol. The molecule has 0 bridgehead atoms. The maximum atomic E-state index is 13.4. The van der Waals surface area contributed by atoms with Crippen molar-refractivity contribution in [2.24, 2.45) is 5.92 Å². The molecule has 1 aromatic rings. The predicted octanol–water partition coefficient (Wildman–Crippen LogP) is 2.55. The highest BCUT2D eigenvalue weighted by atomic mass is 19.1. The molecule has 0 aromatic heterocycles. The van der Waals surface area contributed by atoms with Crippen LogP contribution in [-0.2, 0) is 0 Å². The van der Waals surface area contributed by atoms with Crippen molar-refractivity contribution in [1.82, 2.24) is 0 Å². The number of nitrogens with zero attached hydrogens (tertiary/aromatic N) is 1. The van der Waals surface area contributed by atoms with Crippen molar-refractivity contribution >= 4 is 11.4 Å². The first kappa shape index (κ1) is 14.4. The average Bonchev–Trinajstić information content (AvgIpc) is 2.27. The molecular formula is C12H17FN2O3. The number of aliphatic hydroxyl groups is 1. The lowest BCUT2D eigenvalue weighted by atomic mass is 10.0. The standard InChI is InChI=1S/C12H17FN2O3/c1-8(2)10(6-7-16)14-11-5-3-4-9(13)12(11)15(17)18/h3-5,8,10,14,16H,6-7H2,1-2H3/t10-/m0/s1. The minimum Gasteiger partial charge on any atom is -0.396 e. The fourth-order valence-electron chi connectivity index (χ4n) is 1.73. The van der Waals surface area contributed by atoms with Gasteiger partial charge in [0.2, 0.25) is 5.82 Å². The van der Waals surface area contributed by atoms with E-state index < -0.39 is 16.4 Å². The highest BCUT2D eigenvalue weighted by molar-refractivity contribution is 5.62. The van der Waals surface area contributed by atoms with Gasteiger partial charge in [-0.1, -0.05) is 19.9 Å². The first-order valence-electron chi connectivity index (χ1n) is 5.77. The number of rotatable bonds is 6. The topological polar surface area (TPSA) is 75.4 Å². The fraction of sp³-hybridized carbons (Fsp3) is 0.500. The Morgan fingerprint density at radius 3 is 2.67 bits per heavy atom. The van der Waals surface area contributed by atoms with Crippen LogP contribution in [0, 0.1) is 21.8 Å². The number of aliphatic hydroxyl groups excluding tert-OH is 1. The van der Waals surface area contributed by atoms with Crippen LogP contribution in [0.5, 0.6) is 0 Å². The van der Waals surface area contributed by atoms with Gasteiger partial charge in [-0.3, -0.25) is 10.1 Å². The Kier molecular flexibility index (Phi) is 5.03. The number of nitro groups is 1. The minimum absolute atomic E-state index is 0.0288. The summed E-state index contributed by atoms with van der Waals surface area (Å²) >= 11 is 0. The van der Waals surface area contributed by atoms with Crippen molar-refractivity contribution in [3.63, 3.8) is 0 Å². The summed E-state index contributed by atoms with van der Waals surface area (Å²) in [6.07, 6.45) is 0.450. The zero-order chi connectivity index (χ0) is 13.7. The van der Waals surface area contributed by atoms with E-state index in [1.807, 2.05) is 13.8 Å². The van der Waals surface area contributed by atoms with E-state index in [4.69, 9.17) is 5.11 Å². The van der Waals surface area contributed by atoms with Crippen molar-refractivity contribution in [3.8, 4) is 0 Å². The molecule has 1 rings (SSSR count). The van der Waals surface area contributed by atoms with Gasteiger partial charge in [-0.15, -0.1) is 0 Å². The van der Waals surface area contributed by atoms with Gasteiger partial charge < -0.3 is 10.4 Å². The number of anilines is 1. The van der Waals surface area contributed by atoms with Gasteiger partial charge in [-0.25, -0.2) is 0 Å². The molecule has 5 nitrogen and oxygen atoms in total. The van der Waals surface area contributed by atoms with Crippen LogP contribution in [0.3, 0.4) is 0 Å². The van der Waals surface area contributed by atoms with Crippen LogP contribution >= 0.6 is 0 Å². The molecule has 100 valence electrons. The highest BCUT2D eigenvalue weighted by Crippen LogP contribution is 2.29. The van der Waals surface area contributed by atoms with Crippen LogP contribution in [0.1, 0.15) is 20.3 Å². The Morgan fingerprint density at radius 2 is 2.17 bits per heavy atom. The van der Waals surface area contributed by atoms with Crippen LogP contribution in [0.25, 0.3) is 0 Å².